The number of carbonyl (C=O) groups is 1. The molecule has 0 atom stereocenters. The van der Waals surface area contributed by atoms with E-state index in [0.717, 1.165) is 23.4 Å². The van der Waals surface area contributed by atoms with Crippen molar-refractivity contribution in [3.8, 4) is 23.1 Å². The molecule has 0 saturated carbocycles. The second-order valence-corrected chi connectivity index (χ2v) is 8.57. The van der Waals surface area contributed by atoms with Gasteiger partial charge in [0.15, 0.2) is 0 Å². The van der Waals surface area contributed by atoms with E-state index < -0.39 is 0 Å². The molecule has 0 bridgehead atoms. The molecule has 0 spiro atoms. The molecular formula is C28H28ClN3O3. The Morgan fingerprint density at radius 2 is 1.71 bits per heavy atom. The predicted octanol–water partition coefficient (Wildman–Crippen LogP) is 6.69. The second kappa shape index (κ2) is 11.1. The monoisotopic (exact) mass is 489 g/mol. The summed E-state index contributed by atoms with van der Waals surface area (Å²) in [6.45, 7) is 4.93. The molecule has 1 aromatic heterocycles. The Morgan fingerprint density at radius 1 is 1.00 bits per heavy atom. The number of hydrogen-bond acceptors (Lipinski definition) is 4. The van der Waals surface area contributed by atoms with E-state index >= 15 is 0 Å². The third-order valence-electron chi connectivity index (χ3n) is 5.61. The SMILES string of the molecule is CCCN(Cc1c(C)nn(-c2ccccc2)c1Oc1cccc(OC)c1)C(=O)c1ccc(Cl)cc1. The molecule has 0 fully saturated rings. The van der Waals surface area contributed by atoms with Gasteiger partial charge in [0, 0.05) is 23.2 Å². The van der Waals surface area contributed by atoms with Crippen molar-refractivity contribution in [2.45, 2.75) is 26.8 Å². The lowest BCUT2D eigenvalue weighted by atomic mass is 10.1. The van der Waals surface area contributed by atoms with E-state index in [9.17, 15) is 4.79 Å². The molecule has 180 valence electrons. The van der Waals surface area contributed by atoms with Gasteiger partial charge in [-0.25, -0.2) is 4.68 Å². The van der Waals surface area contributed by atoms with Gasteiger partial charge < -0.3 is 14.4 Å². The highest BCUT2D eigenvalue weighted by atomic mass is 35.5. The lowest BCUT2D eigenvalue weighted by molar-refractivity contribution is 0.0742. The van der Waals surface area contributed by atoms with Gasteiger partial charge in [0.05, 0.1) is 30.6 Å². The smallest absolute Gasteiger partial charge is 0.254 e. The van der Waals surface area contributed by atoms with Crippen LogP contribution in [0.2, 0.25) is 5.02 Å². The quantitative estimate of drug-likeness (QED) is 0.263. The summed E-state index contributed by atoms with van der Waals surface area (Å²) in [7, 11) is 1.62. The van der Waals surface area contributed by atoms with E-state index in [0.29, 0.717) is 41.1 Å². The predicted molar refractivity (Wildman–Crippen MR) is 138 cm³/mol. The minimum absolute atomic E-state index is 0.0669. The van der Waals surface area contributed by atoms with Gasteiger partial charge in [-0.15, -0.1) is 0 Å². The number of ether oxygens (including phenoxy) is 2. The molecule has 4 rings (SSSR count). The lowest BCUT2D eigenvalue weighted by Crippen LogP contribution is -2.31. The molecule has 0 saturated heterocycles. The molecular weight excluding hydrogens is 462 g/mol. The number of carbonyl (C=O) groups excluding carboxylic acids is 1. The van der Waals surface area contributed by atoms with Crippen LogP contribution >= 0.6 is 11.6 Å². The minimum atomic E-state index is -0.0669. The van der Waals surface area contributed by atoms with Crippen LogP contribution < -0.4 is 9.47 Å². The Kier molecular flexibility index (Phi) is 7.73. The van der Waals surface area contributed by atoms with Gasteiger partial charge in [-0.1, -0.05) is 42.8 Å². The van der Waals surface area contributed by atoms with Crippen LogP contribution in [-0.4, -0.2) is 34.2 Å². The van der Waals surface area contributed by atoms with E-state index in [1.807, 2.05) is 66.4 Å². The van der Waals surface area contributed by atoms with Gasteiger partial charge >= 0.3 is 0 Å². The third-order valence-corrected chi connectivity index (χ3v) is 5.87. The molecule has 0 N–H and O–H groups in total. The molecule has 0 unspecified atom stereocenters. The lowest BCUT2D eigenvalue weighted by Gasteiger charge is -2.23. The molecule has 4 aromatic rings. The maximum Gasteiger partial charge on any atom is 0.254 e. The summed E-state index contributed by atoms with van der Waals surface area (Å²) < 4.78 is 13.5. The van der Waals surface area contributed by atoms with Crippen molar-refractivity contribution in [3.05, 3.63) is 101 Å². The van der Waals surface area contributed by atoms with Crippen molar-refractivity contribution in [2.75, 3.05) is 13.7 Å². The number of methoxy groups -OCH3 is 1. The Bertz CT molecular complexity index is 1290. The van der Waals surface area contributed by atoms with Gasteiger partial charge in [-0.3, -0.25) is 4.79 Å². The number of aryl methyl sites for hydroxylation is 1. The van der Waals surface area contributed by atoms with Crippen LogP contribution in [0.3, 0.4) is 0 Å². The van der Waals surface area contributed by atoms with Crippen molar-refractivity contribution in [1.29, 1.82) is 0 Å². The van der Waals surface area contributed by atoms with E-state index in [1.54, 1.807) is 36.1 Å². The van der Waals surface area contributed by atoms with Gasteiger partial charge in [0.1, 0.15) is 11.5 Å². The summed E-state index contributed by atoms with van der Waals surface area (Å²) in [6.07, 6.45) is 0.817. The van der Waals surface area contributed by atoms with E-state index in [4.69, 9.17) is 26.2 Å². The molecule has 1 amide bonds. The summed E-state index contributed by atoms with van der Waals surface area (Å²) in [5, 5.41) is 5.38. The third kappa shape index (κ3) is 5.66. The highest BCUT2D eigenvalue weighted by molar-refractivity contribution is 6.30. The summed E-state index contributed by atoms with van der Waals surface area (Å²) >= 11 is 6.03. The molecule has 0 radical (unpaired) electrons. The van der Waals surface area contributed by atoms with Crippen molar-refractivity contribution in [3.63, 3.8) is 0 Å². The number of rotatable bonds is 9. The molecule has 6 nitrogen and oxygen atoms in total. The standard InChI is InChI=1S/C28H28ClN3O3/c1-4-17-31(27(33)21-13-15-22(29)16-14-21)19-26-20(2)30-32(23-9-6-5-7-10-23)28(26)35-25-12-8-11-24(18-25)34-3/h5-16,18H,4,17,19H2,1-3H3. The average Bonchev–Trinajstić information content (AvgIpc) is 3.19. The maximum atomic E-state index is 13.4. The molecule has 35 heavy (non-hydrogen) atoms. The Labute approximate surface area is 210 Å². The zero-order valence-electron chi connectivity index (χ0n) is 20.1. The van der Waals surface area contributed by atoms with Crippen molar-refractivity contribution in [1.82, 2.24) is 14.7 Å². The van der Waals surface area contributed by atoms with Crippen LogP contribution in [0.1, 0.15) is 35.0 Å². The summed E-state index contributed by atoms with van der Waals surface area (Å²) in [6, 6.07) is 24.2. The van der Waals surface area contributed by atoms with Gasteiger partial charge in [0.25, 0.3) is 5.91 Å². The normalized spacial score (nSPS) is 10.7. The first-order valence-corrected chi connectivity index (χ1v) is 11.9. The van der Waals surface area contributed by atoms with Crippen LogP contribution in [0.4, 0.5) is 0 Å². The summed E-state index contributed by atoms with van der Waals surface area (Å²) in [5.74, 6) is 1.81. The van der Waals surface area contributed by atoms with Crippen LogP contribution in [0.25, 0.3) is 5.69 Å². The number of amides is 1. The summed E-state index contributed by atoms with van der Waals surface area (Å²) in [4.78, 5) is 15.2. The molecule has 0 aliphatic carbocycles. The van der Waals surface area contributed by atoms with E-state index in [-0.39, 0.29) is 5.91 Å². The Balaban J connectivity index is 1.75. The van der Waals surface area contributed by atoms with Gasteiger partial charge in [-0.2, -0.15) is 5.10 Å². The van der Waals surface area contributed by atoms with Crippen molar-refractivity contribution in [2.24, 2.45) is 0 Å². The number of para-hydroxylation sites is 1. The first-order valence-electron chi connectivity index (χ1n) is 11.5. The van der Waals surface area contributed by atoms with Crippen molar-refractivity contribution >= 4 is 17.5 Å². The largest absolute Gasteiger partial charge is 0.497 e. The Hall–Kier alpha value is -3.77. The fourth-order valence-corrected chi connectivity index (χ4v) is 3.96. The van der Waals surface area contributed by atoms with Crippen LogP contribution in [0.15, 0.2) is 78.9 Å². The average molecular weight is 490 g/mol. The highest BCUT2D eigenvalue weighted by Gasteiger charge is 2.24. The van der Waals surface area contributed by atoms with E-state index in [2.05, 4.69) is 6.92 Å². The van der Waals surface area contributed by atoms with E-state index in [1.165, 1.54) is 0 Å². The molecule has 0 aliphatic heterocycles. The fourth-order valence-electron chi connectivity index (χ4n) is 3.83. The first-order chi connectivity index (χ1) is 17.0. The van der Waals surface area contributed by atoms with Crippen LogP contribution in [0.5, 0.6) is 17.4 Å². The first kappa shape index (κ1) is 24.4. The molecule has 3 aromatic carbocycles. The number of halogens is 1. The number of benzene rings is 3. The molecule has 1 heterocycles. The second-order valence-electron chi connectivity index (χ2n) is 8.13. The summed E-state index contributed by atoms with van der Waals surface area (Å²) in [5.41, 5.74) is 3.08. The molecule has 7 heteroatoms. The molecule has 0 aliphatic rings. The zero-order chi connectivity index (χ0) is 24.8. The van der Waals surface area contributed by atoms with Crippen LogP contribution in [-0.2, 0) is 6.54 Å². The number of hydrogen-bond donors (Lipinski definition) is 0. The van der Waals surface area contributed by atoms with Crippen molar-refractivity contribution < 1.29 is 14.3 Å². The van der Waals surface area contributed by atoms with Crippen LogP contribution in [0, 0.1) is 6.92 Å². The fraction of sp³-hybridized carbons (Fsp3) is 0.214. The number of aromatic nitrogens is 2. The topological polar surface area (TPSA) is 56.6 Å². The highest BCUT2D eigenvalue weighted by Crippen LogP contribution is 2.33. The number of nitrogens with zero attached hydrogens (tertiary/aromatic N) is 3. The van der Waals surface area contributed by atoms with Gasteiger partial charge in [0.2, 0.25) is 5.88 Å². The Morgan fingerprint density at radius 3 is 2.40 bits per heavy atom. The van der Waals surface area contributed by atoms with Gasteiger partial charge in [-0.05, 0) is 61.9 Å². The minimum Gasteiger partial charge on any atom is -0.497 e. The zero-order valence-corrected chi connectivity index (χ0v) is 20.8. The maximum absolute atomic E-state index is 13.4.